The fourth-order valence-electron chi connectivity index (χ4n) is 4.01. The Balaban J connectivity index is 1.46. The zero-order valence-corrected chi connectivity index (χ0v) is 10.3. The van der Waals surface area contributed by atoms with Crippen LogP contribution < -0.4 is 5.32 Å². The van der Waals surface area contributed by atoms with Crippen molar-refractivity contribution in [2.45, 2.75) is 31.3 Å². The fourth-order valence-corrected chi connectivity index (χ4v) is 4.01. The van der Waals surface area contributed by atoms with Crippen molar-refractivity contribution in [2.24, 2.45) is 17.8 Å². The number of carbonyl (C=O) groups is 2. The van der Waals surface area contributed by atoms with E-state index in [-0.39, 0.29) is 23.9 Å². The maximum atomic E-state index is 12.5. The van der Waals surface area contributed by atoms with Crippen LogP contribution in [0.4, 0.5) is 0 Å². The lowest BCUT2D eigenvalue weighted by atomic mass is 9.98. The van der Waals surface area contributed by atoms with Crippen LogP contribution in [-0.2, 0) is 14.3 Å². The molecule has 0 aromatic heterocycles. The van der Waals surface area contributed by atoms with Crippen LogP contribution in [0.25, 0.3) is 0 Å². The van der Waals surface area contributed by atoms with Crippen LogP contribution in [0.5, 0.6) is 0 Å². The Morgan fingerprint density at radius 1 is 1.28 bits per heavy atom. The topological polar surface area (TPSA) is 58.6 Å². The second kappa shape index (κ2) is 3.70. The Bertz CT molecular complexity index is 401. The number of hydrogen-bond acceptors (Lipinski definition) is 3. The molecule has 5 nitrogen and oxygen atoms in total. The van der Waals surface area contributed by atoms with Gasteiger partial charge in [-0.05, 0) is 24.7 Å². The van der Waals surface area contributed by atoms with E-state index in [9.17, 15) is 9.59 Å². The summed E-state index contributed by atoms with van der Waals surface area (Å²) in [5.41, 5.74) is 0. The van der Waals surface area contributed by atoms with Gasteiger partial charge in [0.2, 0.25) is 11.8 Å². The van der Waals surface area contributed by atoms with E-state index in [1.54, 1.807) is 0 Å². The second-order valence-corrected chi connectivity index (χ2v) is 5.99. The Kier molecular flexibility index (Phi) is 2.22. The summed E-state index contributed by atoms with van der Waals surface area (Å²) in [6.07, 6.45) is 2.31. The summed E-state index contributed by atoms with van der Waals surface area (Å²) in [6.45, 7) is 2.34. The minimum absolute atomic E-state index is 0.141. The van der Waals surface area contributed by atoms with E-state index < -0.39 is 0 Å². The van der Waals surface area contributed by atoms with E-state index in [4.69, 9.17) is 4.74 Å². The molecular formula is C13H18N2O3. The van der Waals surface area contributed by atoms with Crippen molar-refractivity contribution in [1.29, 1.82) is 0 Å². The number of nitrogens with one attached hydrogen (secondary N) is 1. The van der Waals surface area contributed by atoms with Gasteiger partial charge < -0.3 is 15.0 Å². The van der Waals surface area contributed by atoms with E-state index in [1.165, 1.54) is 0 Å². The summed E-state index contributed by atoms with van der Waals surface area (Å²) in [6, 6.07) is 0.447. The maximum absolute atomic E-state index is 12.5. The monoisotopic (exact) mass is 250 g/mol. The average Bonchev–Trinajstić information content (AvgIpc) is 2.77. The van der Waals surface area contributed by atoms with Gasteiger partial charge in [0.05, 0.1) is 25.3 Å². The molecule has 0 bridgehead atoms. The standard InChI is InChI=1S/C13H18N2O3/c16-11-2-1-10-9(14-11)3-4-15(10)13(17)12-7-5-18-6-8(7)12/h7-10,12H,1-6H2,(H,14,16)/t7-,8+,9-,10-,12?/m0/s1. The summed E-state index contributed by atoms with van der Waals surface area (Å²) in [5.74, 6) is 1.64. The molecule has 5 heteroatoms. The SMILES string of the molecule is O=C1CC[C@H]2[C@H](CCN2C(=O)C2[C@H]3COC[C@@H]23)N1. The summed E-state index contributed by atoms with van der Waals surface area (Å²) in [4.78, 5) is 25.9. The van der Waals surface area contributed by atoms with Crippen LogP contribution in [-0.4, -0.2) is 48.6 Å². The van der Waals surface area contributed by atoms with Gasteiger partial charge in [-0.3, -0.25) is 9.59 Å². The van der Waals surface area contributed by atoms with E-state index in [1.807, 2.05) is 4.90 Å². The molecule has 1 aliphatic carbocycles. The number of nitrogens with zero attached hydrogens (tertiary/aromatic N) is 1. The Labute approximate surface area is 106 Å². The largest absolute Gasteiger partial charge is 0.381 e. The first-order valence-corrected chi connectivity index (χ1v) is 6.93. The Hall–Kier alpha value is -1.10. The number of piperidine rings is 1. The molecule has 4 aliphatic rings. The highest BCUT2D eigenvalue weighted by Crippen LogP contribution is 2.52. The van der Waals surface area contributed by atoms with E-state index in [0.29, 0.717) is 24.2 Å². The smallest absolute Gasteiger partial charge is 0.226 e. The quantitative estimate of drug-likeness (QED) is 0.698. The van der Waals surface area contributed by atoms with Crippen LogP contribution in [0.3, 0.4) is 0 Å². The van der Waals surface area contributed by atoms with Crippen LogP contribution in [0.1, 0.15) is 19.3 Å². The van der Waals surface area contributed by atoms with Gasteiger partial charge in [0, 0.05) is 18.9 Å². The van der Waals surface area contributed by atoms with Crippen LogP contribution >= 0.6 is 0 Å². The molecule has 1 N–H and O–H groups in total. The predicted octanol–water partition coefficient (Wildman–Crippen LogP) is -0.242. The molecule has 3 heterocycles. The molecule has 0 radical (unpaired) electrons. The molecule has 2 amide bonds. The van der Waals surface area contributed by atoms with Gasteiger partial charge in [0.25, 0.3) is 0 Å². The van der Waals surface area contributed by atoms with Crippen molar-refractivity contribution in [1.82, 2.24) is 10.2 Å². The molecule has 0 spiro atoms. The highest BCUT2D eigenvalue weighted by molar-refractivity contribution is 5.84. The van der Waals surface area contributed by atoms with Crippen LogP contribution in [0, 0.1) is 17.8 Å². The van der Waals surface area contributed by atoms with E-state index >= 15 is 0 Å². The van der Waals surface area contributed by atoms with Gasteiger partial charge in [0.15, 0.2) is 0 Å². The van der Waals surface area contributed by atoms with Crippen LogP contribution in [0.15, 0.2) is 0 Å². The molecule has 4 rings (SSSR count). The first-order valence-electron chi connectivity index (χ1n) is 6.93. The third-order valence-corrected chi connectivity index (χ3v) is 5.08. The third-order valence-electron chi connectivity index (χ3n) is 5.08. The molecule has 4 fully saturated rings. The first-order chi connectivity index (χ1) is 8.75. The highest BCUT2D eigenvalue weighted by Gasteiger charge is 2.60. The van der Waals surface area contributed by atoms with Gasteiger partial charge in [-0.1, -0.05) is 0 Å². The third kappa shape index (κ3) is 1.43. The normalized spacial score (nSPS) is 45.4. The molecule has 1 saturated carbocycles. The minimum Gasteiger partial charge on any atom is -0.381 e. The van der Waals surface area contributed by atoms with Crippen molar-refractivity contribution in [2.75, 3.05) is 19.8 Å². The molecule has 18 heavy (non-hydrogen) atoms. The van der Waals surface area contributed by atoms with Crippen molar-refractivity contribution < 1.29 is 14.3 Å². The number of fused-ring (bicyclic) bond motifs is 2. The number of hydrogen-bond donors (Lipinski definition) is 1. The molecule has 3 aliphatic heterocycles. The minimum atomic E-state index is 0.141. The first kappa shape index (κ1) is 10.8. The van der Waals surface area contributed by atoms with Gasteiger partial charge in [0.1, 0.15) is 0 Å². The summed E-state index contributed by atoms with van der Waals surface area (Å²) in [7, 11) is 0. The molecular weight excluding hydrogens is 232 g/mol. The number of likely N-dealkylation sites (tertiary alicyclic amines) is 1. The lowest BCUT2D eigenvalue weighted by molar-refractivity contribution is -0.137. The summed E-state index contributed by atoms with van der Waals surface area (Å²) < 4.78 is 5.34. The zero-order valence-electron chi connectivity index (χ0n) is 10.3. The zero-order chi connectivity index (χ0) is 12.3. The lowest BCUT2D eigenvalue weighted by Crippen LogP contribution is -2.51. The lowest BCUT2D eigenvalue weighted by Gasteiger charge is -2.32. The molecule has 1 unspecified atom stereocenters. The average molecular weight is 250 g/mol. The fraction of sp³-hybridized carbons (Fsp3) is 0.846. The maximum Gasteiger partial charge on any atom is 0.226 e. The molecule has 0 aromatic carbocycles. The molecule has 98 valence electrons. The predicted molar refractivity (Wildman–Crippen MR) is 62.6 cm³/mol. The van der Waals surface area contributed by atoms with Gasteiger partial charge >= 0.3 is 0 Å². The van der Waals surface area contributed by atoms with Gasteiger partial charge in [-0.25, -0.2) is 0 Å². The summed E-state index contributed by atoms with van der Waals surface area (Å²) >= 11 is 0. The van der Waals surface area contributed by atoms with Crippen molar-refractivity contribution in [3.05, 3.63) is 0 Å². The van der Waals surface area contributed by atoms with Gasteiger partial charge in [-0.2, -0.15) is 0 Å². The number of amides is 2. The van der Waals surface area contributed by atoms with E-state index in [2.05, 4.69) is 5.32 Å². The van der Waals surface area contributed by atoms with Crippen molar-refractivity contribution >= 4 is 11.8 Å². The Morgan fingerprint density at radius 2 is 2.06 bits per heavy atom. The Morgan fingerprint density at radius 3 is 2.83 bits per heavy atom. The molecule has 5 atom stereocenters. The number of ether oxygens (including phenoxy) is 1. The molecule has 0 aromatic rings. The van der Waals surface area contributed by atoms with Gasteiger partial charge in [-0.15, -0.1) is 0 Å². The number of rotatable bonds is 1. The second-order valence-electron chi connectivity index (χ2n) is 5.99. The summed E-state index contributed by atoms with van der Waals surface area (Å²) in [5, 5.41) is 3.02. The molecule has 3 saturated heterocycles. The number of carbonyl (C=O) groups excluding carboxylic acids is 2. The highest BCUT2D eigenvalue weighted by atomic mass is 16.5. The van der Waals surface area contributed by atoms with Crippen molar-refractivity contribution in [3.8, 4) is 0 Å². The van der Waals surface area contributed by atoms with E-state index in [0.717, 1.165) is 32.6 Å². The van der Waals surface area contributed by atoms with Crippen LogP contribution in [0.2, 0.25) is 0 Å². The van der Waals surface area contributed by atoms with Crippen molar-refractivity contribution in [3.63, 3.8) is 0 Å².